The molecule has 1 heterocycles. The van der Waals surface area contributed by atoms with Crippen LogP contribution in [0, 0.1) is 6.92 Å². The molecule has 1 aromatic rings. The summed E-state index contributed by atoms with van der Waals surface area (Å²) in [6, 6.07) is 0. The Labute approximate surface area is 80.3 Å². The van der Waals surface area contributed by atoms with Crippen molar-refractivity contribution in [1.29, 1.82) is 0 Å². The first-order chi connectivity index (χ1) is 6.61. The van der Waals surface area contributed by atoms with Crippen LogP contribution in [0.3, 0.4) is 0 Å². The number of ether oxygens (including phenoxy) is 1. The van der Waals surface area contributed by atoms with Crippen LogP contribution in [0.15, 0.2) is 6.20 Å². The van der Waals surface area contributed by atoms with E-state index in [1.807, 2.05) is 0 Å². The van der Waals surface area contributed by atoms with Crippen molar-refractivity contribution >= 4 is 0 Å². The molecule has 3 nitrogen and oxygen atoms in total. The van der Waals surface area contributed by atoms with Gasteiger partial charge in [0.25, 0.3) is 6.43 Å². The van der Waals surface area contributed by atoms with Gasteiger partial charge in [0.1, 0.15) is 0 Å². The molecule has 0 radical (unpaired) electrons. The van der Waals surface area contributed by atoms with E-state index in [1.165, 1.54) is 20.2 Å². The Bertz CT molecular complexity index is 329. The molecular weight excluding hydrogens is 192 g/mol. The van der Waals surface area contributed by atoms with Crippen LogP contribution < -0.4 is 4.74 Å². The van der Waals surface area contributed by atoms with Crippen LogP contribution in [-0.4, -0.2) is 17.2 Å². The average Bonchev–Trinajstić information content (AvgIpc) is 2.16. The van der Waals surface area contributed by atoms with E-state index < -0.39 is 6.43 Å². The Balaban J connectivity index is 3.31. The fraction of sp³-hybridized carbons (Fsp3) is 0.444. The number of rotatable bonds is 3. The third-order valence-electron chi connectivity index (χ3n) is 2.04. The number of aliphatic hydroxyl groups is 1. The molecule has 0 aliphatic rings. The van der Waals surface area contributed by atoms with E-state index in [1.54, 1.807) is 0 Å². The minimum absolute atomic E-state index is 0.0882. The molecular formula is C9H11F2NO2. The Morgan fingerprint density at radius 1 is 1.57 bits per heavy atom. The summed E-state index contributed by atoms with van der Waals surface area (Å²) in [6.45, 7) is 1.21. The molecule has 0 aromatic carbocycles. The Hall–Kier alpha value is -1.23. The molecule has 0 aliphatic carbocycles. The first-order valence-corrected chi connectivity index (χ1v) is 4.03. The molecule has 0 saturated heterocycles. The summed E-state index contributed by atoms with van der Waals surface area (Å²) in [6.07, 6.45) is -1.32. The van der Waals surface area contributed by atoms with Crippen molar-refractivity contribution in [3.8, 4) is 5.88 Å². The van der Waals surface area contributed by atoms with Crippen molar-refractivity contribution in [3.05, 3.63) is 22.9 Å². The SMILES string of the molecule is COc1ncc(CO)c(C)c1C(F)F. The molecule has 14 heavy (non-hydrogen) atoms. The monoisotopic (exact) mass is 203 g/mol. The predicted octanol–water partition coefficient (Wildman–Crippen LogP) is 1.83. The number of hydrogen-bond acceptors (Lipinski definition) is 3. The molecule has 78 valence electrons. The molecule has 1 N–H and O–H groups in total. The summed E-state index contributed by atoms with van der Waals surface area (Å²) in [4.78, 5) is 3.69. The largest absolute Gasteiger partial charge is 0.481 e. The lowest BCUT2D eigenvalue weighted by Gasteiger charge is -2.12. The van der Waals surface area contributed by atoms with Crippen molar-refractivity contribution < 1.29 is 18.6 Å². The van der Waals surface area contributed by atoms with Crippen LogP contribution in [0.4, 0.5) is 8.78 Å². The van der Waals surface area contributed by atoms with Gasteiger partial charge in [0.2, 0.25) is 5.88 Å². The first-order valence-electron chi connectivity index (χ1n) is 4.03. The highest BCUT2D eigenvalue weighted by Crippen LogP contribution is 2.31. The van der Waals surface area contributed by atoms with Gasteiger partial charge in [-0.1, -0.05) is 0 Å². The molecule has 0 fully saturated rings. The van der Waals surface area contributed by atoms with Gasteiger partial charge < -0.3 is 9.84 Å². The smallest absolute Gasteiger partial charge is 0.269 e. The van der Waals surface area contributed by atoms with E-state index in [-0.39, 0.29) is 18.1 Å². The van der Waals surface area contributed by atoms with Gasteiger partial charge in [-0.15, -0.1) is 0 Å². The number of nitrogens with zero attached hydrogens (tertiary/aromatic N) is 1. The molecule has 0 bridgehead atoms. The molecule has 1 rings (SSSR count). The second kappa shape index (κ2) is 4.32. The van der Waals surface area contributed by atoms with E-state index in [2.05, 4.69) is 4.98 Å². The standard InChI is InChI=1S/C9H11F2NO2/c1-5-6(4-13)3-12-9(14-2)7(5)8(10)11/h3,8,13H,4H2,1-2H3. The summed E-state index contributed by atoms with van der Waals surface area (Å²) in [5.74, 6) is -0.0882. The summed E-state index contributed by atoms with van der Waals surface area (Å²) >= 11 is 0. The minimum Gasteiger partial charge on any atom is -0.481 e. The molecule has 0 aliphatic heterocycles. The molecule has 0 atom stereocenters. The third kappa shape index (κ3) is 1.82. The lowest BCUT2D eigenvalue weighted by molar-refractivity contribution is 0.144. The average molecular weight is 203 g/mol. The Morgan fingerprint density at radius 2 is 2.21 bits per heavy atom. The van der Waals surface area contributed by atoms with Crippen molar-refractivity contribution in [2.45, 2.75) is 20.0 Å². The fourth-order valence-electron chi connectivity index (χ4n) is 1.22. The van der Waals surface area contributed by atoms with Crippen LogP contribution in [0.5, 0.6) is 5.88 Å². The van der Waals surface area contributed by atoms with Crippen molar-refractivity contribution in [1.82, 2.24) is 4.98 Å². The Kier molecular flexibility index (Phi) is 3.35. The second-order valence-electron chi connectivity index (χ2n) is 2.79. The van der Waals surface area contributed by atoms with Crippen molar-refractivity contribution in [3.63, 3.8) is 0 Å². The lowest BCUT2D eigenvalue weighted by atomic mass is 10.1. The van der Waals surface area contributed by atoms with Crippen LogP contribution in [0.2, 0.25) is 0 Å². The Morgan fingerprint density at radius 3 is 2.64 bits per heavy atom. The maximum absolute atomic E-state index is 12.6. The van der Waals surface area contributed by atoms with Gasteiger partial charge in [-0.2, -0.15) is 0 Å². The molecule has 5 heteroatoms. The zero-order chi connectivity index (χ0) is 10.7. The number of methoxy groups -OCH3 is 1. The zero-order valence-electron chi connectivity index (χ0n) is 7.92. The van der Waals surface area contributed by atoms with Gasteiger partial charge in [-0.3, -0.25) is 0 Å². The number of pyridine rings is 1. The normalized spacial score (nSPS) is 10.7. The highest BCUT2D eigenvalue weighted by Gasteiger charge is 2.19. The summed E-state index contributed by atoms with van der Waals surface area (Å²) in [5, 5.41) is 8.86. The third-order valence-corrected chi connectivity index (χ3v) is 2.04. The number of alkyl halides is 2. The summed E-state index contributed by atoms with van der Waals surface area (Å²) in [7, 11) is 1.28. The molecule has 0 spiro atoms. The van der Waals surface area contributed by atoms with Gasteiger partial charge in [0.05, 0.1) is 19.3 Å². The van der Waals surface area contributed by atoms with Gasteiger partial charge in [-0.25, -0.2) is 13.8 Å². The number of hydrogen-bond donors (Lipinski definition) is 1. The van der Waals surface area contributed by atoms with Crippen LogP contribution in [0.1, 0.15) is 23.1 Å². The highest BCUT2D eigenvalue weighted by atomic mass is 19.3. The summed E-state index contributed by atoms with van der Waals surface area (Å²) in [5.41, 5.74) is 0.467. The number of aromatic nitrogens is 1. The second-order valence-corrected chi connectivity index (χ2v) is 2.79. The maximum atomic E-state index is 12.6. The number of aliphatic hydroxyl groups excluding tert-OH is 1. The lowest BCUT2D eigenvalue weighted by Crippen LogP contribution is -2.02. The van der Waals surface area contributed by atoms with E-state index in [9.17, 15) is 8.78 Å². The van der Waals surface area contributed by atoms with Crippen molar-refractivity contribution in [2.24, 2.45) is 0 Å². The quantitative estimate of drug-likeness (QED) is 0.814. The molecule has 0 saturated carbocycles. The van der Waals surface area contributed by atoms with Gasteiger partial charge >= 0.3 is 0 Å². The maximum Gasteiger partial charge on any atom is 0.269 e. The number of halogens is 2. The van der Waals surface area contributed by atoms with Gasteiger partial charge in [0.15, 0.2) is 0 Å². The highest BCUT2D eigenvalue weighted by molar-refractivity contribution is 5.39. The van der Waals surface area contributed by atoms with Gasteiger partial charge in [0, 0.05) is 6.20 Å². The van der Waals surface area contributed by atoms with E-state index >= 15 is 0 Å². The molecule has 0 unspecified atom stereocenters. The molecule has 0 amide bonds. The first kappa shape index (κ1) is 10.8. The van der Waals surface area contributed by atoms with Crippen molar-refractivity contribution in [2.75, 3.05) is 7.11 Å². The minimum atomic E-state index is -2.65. The van der Waals surface area contributed by atoms with E-state index in [4.69, 9.17) is 9.84 Å². The fourth-order valence-corrected chi connectivity index (χ4v) is 1.22. The van der Waals surface area contributed by atoms with Crippen LogP contribution >= 0.6 is 0 Å². The predicted molar refractivity (Wildman–Crippen MR) is 46.4 cm³/mol. The van der Waals surface area contributed by atoms with E-state index in [0.29, 0.717) is 11.1 Å². The van der Waals surface area contributed by atoms with E-state index in [0.717, 1.165) is 0 Å². The topological polar surface area (TPSA) is 42.4 Å². The molecule has 1 aromatic heterocycles. The van der Waals surface area contributed by atoms with Crippen LogP contribution in [-0.2, 0) is 6.61 Å². The van der Waals surface area contributed by atoms with Gasteiger partial charge in [-0.05, 0) is 18.1 Å². The zero-order valence-corrected chi connectivity index (χ0v) is 7.92. The summed E-state index contributed by atoms with van der Waals surface area (Å²) < 4.78 is 29.9. The van der Waals surface area contributed by atoms with Crippen LogP contribution in [0.25, 0.3) is 0 Å².